The molecular weight excluding hydrogens is 298 g/mol. The van der Waals surface area contributed by atoms with Gasteiger partial charge >= 0.3 is 0 Å². The van der Waals surface area contributed by atoms with Gasteiger partial charge in [-0.05, 0) is 84.8 Å². The van der Waals surface area contributed by atoms with Crippen LogP contribution in [0.2, 0.25) is 0 Å². The highest BCUT2D eigenvalue weighted by Crippen LogP contribution is 2.52. The van der Waals surface area contributed by atoms with Crippen molar-refractivity contribution >= 4 is 0 Å². The first-order chi connectivity index (χ1) is 11.7. The third-order valence-electron chi connectivity index (χ3n) is 6.26. The van der Waals surface area contributed by atoms with Crippen LogP contribution in [0.25, 0.3) is 0 Å². The van der Waals surface area contributed by atoms with E-state index < -0.39 is 0 Å². The van der Waals surface area contributed by atoms with E-state index in [0.29, 0.717) is 35.0 Å². The Morgan fingerprint density at radius 1 is 1.08 bits per heavy atom. The maximum atomic E-state index is 10.0. The number of nitrogens with zero attached hydrogens (tertiary/aromatic N) is 1. The molecule has 1 aromatic rings. The van der Waals surface area contributed by atoms with E-state index in [-0.39, 0.29) is 5.75 Å². The quantitative estimate of drug-likeness (QED) is 0.786. The first kappa shape index (κ1) is 15.3. The molecule has 1 unspecified atom stereocenters. The smallest absolute Gasteiger partial charge is 0.117 e. The molecule has 0 heterocycles. The van der Waals surface area contributed by atoms with Crippen molar-refractivity contribution in [2.75, 3.05) is 0 Å². The van der Waals surface area contributed by atoms with Gasteiger partial charge in [-0.3, -0.25) is 0 Å². The van der Waals surface area contributed by atoms with Crippen molar-refractivity contribution in [1.29, 1.82) is 5.26 Å². The van der Waals surface area contributed by atoms with Gasteiger partial charge in [0.2, 0.25) is 0 Å². The van der Waals surface area contributed by atoms with Gasteiger partial charge in [0.1, 0.15) is 11.5 Å². The maximum Gasteiger partial charge on any atom is 0.117 e. The van der Waals surface area contributed by atoms with E-state index in [9.17, 15) is 15.5 Å². The van der Waals surface area contributed by atoms with Crippen molar-refractivity contribution in [2.45, 2.75) is 44.4 Å². The number of allylic oxidation sites excluding steroid dienone is 3. The van der Waals surface area contributed by atoms with Crippen LogP contribution in [-0.4, -0.2) is 10.2 Å². The van der Waals surface area contributed by atoms with E-state index in [1.54, 1.807) is 6.07 Å². The van der Waals surface area contributed by atoms with Crippen LogP contribution in [0.3, 0.4) is 0 Å². The number of hydrogen-bond donors (Lipinski definition) is 2. The van der Waals surface area contributed by atoms with Gasteiger partial charge in [0.05, 0.1) is 11.6 Å². The van der Waals surface area contributed by atoms with Crippen LogP contribution in [0.5, 0.6) is 5.75 Å². The van der Waals surface area contributed by atoms with Crippen molar-refractivity contribution in [3.63, 3.8) is 0 Å². The fraction of sp³-hybridized carbons (Fsp3) is 0.476. The summed E-state index contributed by atoms with van der Waals surface area (Å²) < 4.78 is 0. The van der Waals surface area contributed by atoms with Crippen LogP contribution in [0.15, 0.2) is 36.1 Å². The molecule has 1 aromatic carbocycles. The number of hydrogen-bond acceptors (Lipinski definition) is 3. The Labute approximate surface area is 142 Å². The van der Waals surface area contributed by atoms with E-state index >= 15 is 0 Å². The number of phenolic OH excluding ortho intramolecular Hbond substituents is 1. The molecule has 0 aromatic heterocycles. The molecule has 0 bridgehead atoms. The van der Waals surface area contributed by atoms with Gasteiger partial charge in [-0.25, -0.2) is 0 Å². The molecule has 3 aliphatic carbocycles. The van der Waals surface area contributed by atoms with Crippen LogP contribution in [0.1, 0.15) is 54.7 Å². The van der Waals surface area contributed by atoms with E-state index in [1.165, 1.54) is 24.8 Å². The molecule has 3 heteroatoms. The number of rotatable bonds is 1. The first-order valence-corrected chi connectivity index (χ1v) is 9.00. The lowest BCUT2D eigenvalue weighted by molar-refractivity contribution is 0.155. The first-order valence-electron chi connectivity index (χ1n) is 9.00. The Balaban J connectivity index is 1.76. The average molecular weight is 321 g/mol. The van der Waals surface area contributed by atoms with E-state index in [2.05, 4.69) is 12.1 Å². The summed E-state index contributed by atoms with van der Waals surface area (Å²) in [6.07, 6.45) is 12.6. The van der Waals surface area contributed by atoms with Crippen LogP contribution in [-0.2, 0) is 6.42 Å². The Morgan fingerprint density at radius 2 is 1.92 bits per heavy atom. The van der Waals surface area contributed by atoms with Crippen molar-refractivity contribution in [3.8, 4) is 11.8 Å². The number of benzene rings is 1. The molecule has 0 amide bonds. The molecule has 4 rings (SSSR count). The zero-order valence-corrected chi connectivity index (χ0v) is 13.8. The van der Waals surface area contributed by atoms with Gasteiger partial charge < -0.3 is 10.2 Å². The second-order valence-electron chi connectivity index (χ2n) is 7.48. The lowest BCUT2D eigenvalue weighted by atomic mass is 9.59. The highest BCUT2D eigenvalue weighted by molar-refractivity contribution is 5.51. The fourth-order valence-electron chi connectivity index (χ4n) is 5.19. The summed E-state index contributed by atoms with van der Waals surface area (Å²) in [6.45, 7) is 0. The minimum atomic E-state index is 0.221. The number of fused-ring (bicyclic) bond motifs is 3. The van der Waals surface area contributed by atoms with Crippen LogP contribution in [0.4, 0.5) is 0 Å². The van der Waals surface area contributed by atoms with Crippen molar-refractivity contribution in [1.82, 2.24) is 0 Å². The molecular formula is C21H23NO2. The molecule has 0 spiro atoms. The molecule has 124 valence electrons. The van der Waals surface area contributed by atoms with Crippen LogP contribution >= 0.6 is 0 Å². The van der Waals surface area contributed by atoms with Gasteiger partial charge in [-0.15, -0.1) is 0 Å². The average Bonchev–Trinajstić information content (AvgIpc) is 2.61. The molecule has 2 N–H and O–H groups in total. The van der Waals surface area contributed by atoms with Crippen molar-refractivity contribution in [2.24, 2.45) is 17.8 Å². The van der Waals surface area contributed by atoms with Gasteiger partial charge in [-0.1, -0.05) is 18.9 Å². The minimum Gasteiger partial charge on any atom is -0.508 e. The van der Waals surface area contributed by atoms with Gasteiger partial charge in [-0.2, -0.15) is 5.26 Å². The van der Waals surface area contributed by atoms with Gasteiger partial charge in [0, 0.05) is 0 Å². The van der Waals surface area contributed by atoms with Crippen LogP contribution in [0, 0.1) is 29.1 Å². The third-order valence-corrected chi connectivity index (χ3v) is 6.26. The molecule has 0 radical (unpaired) electrons. The molecule has 1 saturated carbocycles. The largest absolute Gasteiger partial charge is 0.508 e. The summed E-state index contributed by atoms with van der Waals surface area (Å²) in [5.41, 5.74) is 3.00. The monoisotopic (exact) mass is 321 g/mol. The zero-order chi connectivity index (χ0) is 16.7. The Morgan fingerprint density at radius 3 is 2.67 bits per heavy atom. The predicted molar refractivity (Wildman–Crippen MR) is 92.7 cm³/mol. The molecule has 0 aliphatic heterocycles. The number of phenols is 1. The van der Waals surface area contributed by atoms with Crippen LogP contribution < -0.4 is 0 Å². The lowest BCUT2D eigenvalue weighted by Crippen LogP contribution is -2.36. The third kappa shape index (κ3) is 2.51. The molecule has 0 saturated heterocycles. The summed E-state index contributed by atoms with van der Waals surface area (Å²) in [7, 11) is 0. The van der Waals surface area contributed by atoms with Crippen molar-refractivity contribution < 1.29 is 10.2 Å². The molecule has 3 aliphatic rings. The second kappa shape index (κ2) is 6.02. The summed E-state index contributed by atoms with van der Waals surface area (Å²) in [5.74, 6) is 2.60. The van der Waals surface area contributed by atoms with Crippen molar-refractivity contribution in [3.05, 3.63) is 52.8 Å². The minimum absolute atomic E-state index is 0.221. The van der Waals surface area contributed by atoms with E-state index in [1.807, 2.05) is 18.2 Å². The Hall–Kier alpha value is -2.21. The summed E-state index contributed by atoms with van der Waals surface area (Å²) >= 11 is 0. The fourth-order valence-corrected chi connectivity index (χ4v) is 5.19. The predicted octanol–water partition coefficient (Wildman–Crippen LogP) is 4.73. The summed E-state index contributed by atoms with van der Waals surface area (Å²) in [6, 6.07) is 5.81. The summed E-state index contributed by atoms with van der Waals surface area (Å²) in [4.78, 5) is 0. The van der Waals surface area contributed by atoms with Gasteiger partial charge in [0.15, 0.2) is 0 Å². The molecule has 24 heavy (non-hydrogen) atoms. The number of nitriles is 1. The topological polar surface area (TPSA) is 64.2 Å². The summed E-state index contributed by atoms with van der Waals surface area (Å²) in [5, 5.41) is 29.2. The highest BCUT2D eigenvalue weighted by Gasteiger charge is 2.41. The standard InChI is InChI=1S/C21H23NO2/c22-12-14-9-16(24)10-21-18-4-2-1-3-17(18)19(11-20(14)21)13-5-7-15(23)8-6-13/h5,7-10,13,17-19,23-24H,1-4,6,11H2/t13?,17-,18+,19-/m0/s1. The Bertz CT molecular complexity index is 756. The molecule has 1 fully saturated rings. The zero-order valence-electron chi connectivity index (χ0n) is 13.8. The number of aliphatic hydroxyl groups is 1. The van der Waals surface area contributed by atoms with E-state index in [0.717, 1.165) is 24.8 Å². The molecule has 3 nitrogen and oxygen atoms in total. The van der Waals surface area contributed by atoms with Gasteiger partial charge in [0.25, 0.3) is 0 Å². The SMILES string of the molecule is N#Cc1cc(O)cc2c1C[C@@H](C1C=CC(O)=CC1)[C@H]1CCCC[C@@H]21. The Kier molecular flexibility index (Phi) is 3.84. The normalized spacial score (nSPS) is 31.5. The number of aromatic hydroxyl groups is 1. The second-order valence-corrected chi connectivity index (χ2v) is 7.48. The number of aliphatic hydroxyl groups excluding tert-OH is 1. The maximum absolute atomic E-state index is 10.0. The van der Waals surface area contributed by atoms with E-state index in [4.69, 9.17) is 0 Å². The highest BCUT2D eigenvalue weighted by atomic mass is 16.3. The lowest BCUT2D eigenvalue weighted by Gasteiger charge is -2.45. The molecule has 4 atom stereocenters.